The fraction of sp³-hybridized carbons (Fsp3) is 0.368. The highest BCUT2D eigenvalue weighted by atomic mass is 16.7. The third-order valence-electron chi connectivity index (χ3n) is 4.32. The summed E-state index contributed by atoms with van der Waals surface area (Å²) in [7, 11) is 0. The predicted molar refractivity (Wildman–Crippen MR) is 92.2 cm³/mol. The van der Waals surface area contributed by atoms with E-state index in [-0.39, 0.29) is 12.7 Å². The number of aryl methyl sites for hydroxylation is 2. The summed E-state index contributed by atoms with van der Waals surface area (Å²) in [5.74, 6) is 1.53. The third-order valence-corrected chi connectivity index (χ3v) is 4.32. The largest absolute Gasteiger partial charge is 0.465 e. The Morgan fingerprint density at radius 1 is 1.15 bits per heavy atom. The molecule has 0 spiro atoms. The molecule has 7 nitrogen and oxygen atoms in total. The number of furan rings is 1. The number of amides is 1. The van der Waals surface area contributed by atoms with Crippen LogP contribution < -0.4 is 14.8 Å². The first kappa shape index (κ1) is 17.8. The minimum atomic E-state index is -0.925. The van der Waals surface area contributed by atoms with Gasteiger partial charge in [-0.3, -0.25) is 4.79 Å². The Morgan fingerprint density at radius 2 is 1.88 bits per heavy atom. The molecule has 1 aliphatic heterocycles. The molecular formula is C19H21NO6. The SMILES string of the molecule is Cc1oc(C)c(C(=O)OC(C)C(=O)NCc2ccc3c(c2)OCO3)c1C. The van der Waals surface area contributed by atoms with Crippen LogP contribution >= 0.6 is 0 Å². The van der Waals surface area contributed by atoms with Crippen LogP contribution in [0.25, 0.3) is 0 Å². The summed E-state index contributed by atoms with van der Waals surface area (Å²) in [6.07, 6.45) is -0.925. The van der Waals surface area contributed by atoms with Crippen molar-refractivity contribution >= 4 is 11.9 Å². The first-order valence-corrected chi connectivity index (χ1v) is 8.30. The van der Waals surface area contributed by atoms with Crippen molar-refractivity contribution in [3.63, 3.8) is 0 Å². The minimum absolute atomic E-state index is 0.199. The molecule has 2 heterocycles. The molecule has 0 saturated carbocycles. The van der Waals surface area contributed by atoms with E-state index in [1.54, 1.807) is 32.9 Å². The van der Waals surface area contributed by atoms with E-state index < -0.39 is 12.1 Å². The summed E-state index contributed by atoms with van der Waals surface area (Å²) in [5.41, 5.74) is 1.96. The van der Waals surface area contributed by atoms with Crippen LogP contribution in [0.4, 0.5) is 0 Å². The second-order valence-corrected chi connectivity index (χ2v) is 6.17. The van der Waals surface area contributed by atoms with E-state index >= 15 is 0 Å². The summed E-state index contributed by atoms with van der Waals surface area (Å²) in [4.78, 5) is 24.5. The van der Waals surface area contributed by atoms with E-state index in [0.717, 1.165) is 11.1 Å². The molecular weight excluding hydrogens is 338 g/mol. The van der Waals surface area contributed by atoms with Gasteiger partial charge in [0, 0.05) is 12.1 Å². The highest BCUT2D eigenvalue weighted by molar-refractivity contribution is 5.94. The summed E-state index contributed by atoms with van der Waals surface area (Å²) < 4.78 is 21.3. The first-order chi connectivity index (χ1) is 12.4. The number of nitrogens with one attached hydrogen (secondary N) is 1. The van der Waals surface area contributed by atoms with Crippen molar-refractivity contribution < 1.29 is 28.2 Å². The normalized spacial score (nSPS) is 13.4. The zero-order valence-corrected chi connectivity index (χ0v) is 15.2. The van der Waals surface area contributed by atoms with E-state index in [9.17, 15) is 9.59 Å². The standard InChI is InChI=1S/C19H21NO6/c1-10-11(2)25-12(3)17(10)19(22)26-13(4)18(21)20-8-14-5-6-15-16(7-14)24-9-23-15/h5-7,13H,8-9H2,1-4H3,(H,20,21). The number of hydrogen-bond acceptors (Lipinski definition) is 6. The molecule has 0 bridgehead atoms. The van der Waals surface area contributed by atoms with Crippen LogP contribution in [0.2, 0.25) is 0 Å². The monoisotopic (exact) mass is 359 g/mol. The summed E-state index contributed by atoms with van der Waals surface area (Å²) in [5, 5.41) is 2.75. The molecule has 26 heavy (non-hydrogen) atoms. The lowest BCUT2D eigenvalue weighted by molar-refractivity contribution is -0.129. The maximum atomic E-state index is 12.3. The van der Waals surface area contributed by atoms with E-state index in [4.69, 9.17) is 18.6 Å². The average Bonchev–Trinajstić information content (AvgIpc) is 3.16. The predicted octanol–water partition coefficient (Wildman–Crippen LogP) is 2.80. The number of carbonyl (C=O) groups excluding carboxylic acids is 2. The van der Waals surface area contributed by atoms with Gasteiger partial charge in [-0.2, -0.15) is 0 Å². The fourth-order valence-corrected chi connectivity index (χ4v) is 2.75. The Labute approximate surface area is 151 Å². The van der Waals surface area contributed by atoms with Crippen molar-refractivity contribution in [2.24, 2.45) is 0 Å². The smallest absolute Gasteiger partial charge is 0.342 e. The Morgan fingerprint density at radius 3 is 2.58 bits per heavy atom. The van der Waals surface area contributed by atoms with Gasteiger partial charge in [-0.1, -0.05) is 6.07 Å². The lowest BCUT2D eigenvalue weighted by Gasteiger charge is -2.14. The molecule has 0 saturated heterocycles. The molecule has 1 amide bonds. The molecule has 7 heteroatoms. The van der Waals surface area contributed by atoms with Crippen molar-refractivity contribution in [2.45, 2.75) is 40.3 Å². The van der Waals surface area contributed by atoms with Crippen molar-refractivity contribution in [3.05, 3.63) is 46.4 Å². The Bertz CT molecular complexity index is 854. The van der Waals surface area contributed by atoms with Gasteiger partial charge in [0.25, 0.3) is 5.91 Å². The quantitative estimate of drug-likeness (QED) is 0.826. The molecule has 1 aromatic carbocycles. The average molecular weight is 359 g/mol. The lowest BCUT2D eigenvalue weighted by Crippen LogP contribution is -2.35. The van der Waals surface area contributed by atoms with Gasteiger partial charge in [-0.05, 0) is 45.4 Å². The highest BCUT2D eigenvalue weighted by Crippen LogP contribution is 2.32. The topological polar surface area (TPSA) is 87.0 Å². The van der Waals surface area contributed by atoms with Crippen LogP contribution in [-0.2, 0) is 16.1 Å². The summed E-state index contributed by atoms with van der Waals surface area (Å²) in [6, 6.07) is 5.44. The maximum absolute atomic E-state index is 12.3. The van der Waals surface area contributed by atoms with Gasteiger partial charge in [-0.15, -0.1) is 0 Å². The molecule has 2 aromatic rings. The second-order valence-electron chi connectivity index (χ2n) is 6.17. The van der Waals surface area contributed by atoms with Crippen molar-refractivity contribution in [1.29, 1.82) is 0 Å². The Kier molecular flexibility index (Phi) is 4.88. The van der Waals surface area contributed by atoms with Gasteiger partial charge < -0.3 is 23.9 Å². The molecule has 3 rings (SSSR count). The maximum Gasteiger partial charge on any atom is 0.342 e. The number of rotatable bonds is 5. The van der Waals surface area contributed by atoms with E-state index in [0.29, 0.717) is 35.1 Å². The number of hydrogen-bond donors (Lipinski definition) is 1. The number of esters is 1. The molecule has 0 radical (unpaired) electrons. The molecule has 0 fully saturated rings. The number of ether oxygens (including phenoxy) is 3. The number of carbonyl (C=O) groups is 2. The van der Waals surface area contributed by atoms with Crippen LogP contribution in [0.5, 0.6) is 11.5 Å². The van der Waals surface area contributed by atoms with Gasteiger partial charge >= 0.3 is 5.97 Å². The minimum Gasteiger partial charge on any atom is -0.465 e. The van der Waals surface area contributed by atoms with Crippen molar-refractivity contribution in [2.75, 3.05) is 6.79 Å². The van der Waals surface area contributed by atoms with Crippen molar-refractivity contribution in [1.82, 2.24) is 5.32 Å². The molecule has 1 atom stereocenters. The Balaban J connectivity index is 1.57. The number of fused-ring (bicyclic) bond motifs is 1. The molecule has 1 N–H and O–H groups in total. The van der Waals surface area contributed by atoms with Gasteiger partial charge in [0.15, 0.2) is 17.6 Å². The van der Waals surface area contributed by atoms with E-state index in [1.807, 2.05) is 6.07 Å². The first-order valence-electron chi connectivity index (χ1n) is 8.30. The number of benzene rings is 1. The zero-order chi connectivity index (χ0) is 18.8. The van der Waals surface area contributed by atoms with Crippen molar-refractivity contribution in [3.8, 4) is 11.5 Å². The van der Waals surface area contributed by atoms with E-state index in [1.165, 1.54) is 6.92 Å². The molecule has 1 unspecified atom stereocenters. The van der Waals surface area contributed by atoms with Gasteiger partial charge in [-0.25, -0.2) is 4.79 Å². The van der Waals surface area contributed by atoms with Crippen LogP contribution in [0.3, 0.4) is 0 Å². The van der Waals surface area contributed by atoms with Crippen LogP contribution in [0, 0.1) is 20.8 Å². The van der Waals surface area contributed by atoms with Crippen LogP contribution in [0.15, 0.2) is 22.6 Å². The van der Waals surface area contributed by atoms with Crippen LogP contribution in [-0.4, -0.2) is 24.8 Å². The molecule has 138 valence electrons. The van der Waals surface area contributed by atoms with Crippen LogP contribution in [0.1, 0.15) is 39.9 Å². The summed E-state index contributed by atoms with van der Waals surface area (Å²) >= 11 is 0. The fourth-order valence-electron chi connectivity index (χ4n) is 2.75. The van der Waals surface area contributed by atoms with Gasteiger partial charge in [0.1, 0.15) is 17.1 Å². The summed E-state index contributed by atoms with van der Waals surface area (Å²) in [6.45, 7) is 7.28. The Hall–Kier alpha value is -2.96. The molecule has 1 aromatic heterocycles. The second kappa shape index (κ2) is 7.11. The van der Waals surface area contributed by atoms with Gasteiger partial charge in [0.2, 0.25) is 6.79 Å². The molecule has 1 aliphatic rings. The highest BCUT2D eigenvalue weighted by Gasteiger charge is 2.24. The van der Waals surface area contributed by atoms with E-state index in [2.05, 4.69) is 5.32 Å². The third kappa shape index (κ3) is 3.51. The van der Waals surface area contributed by atoms with Gasteiger partial charge in [0.05, 0.1) is 0 Å². The lowest BCUT2D eigenvalue weighted by atomic mass is 10.1. The molecule has 0 aliphatic carbocycles. The zero-order valence-electron chi connectivity index (χ0n) is 15.2.